The Labute approximate surface area is 164 Å². The van der Waals surface area contributed by atoms with Crippen molar-refractivity contribution in [3.8, 4) is 0 Å². The second-order valence-corrected chi connectivity index (χ2v) is 12.5. The van der Waals surface area contributed by atoms with Crippen LogP contribution in [0.25, 0.3) is 0 Å². The molecule has 0 atom stereocenters. The molecule has 3 rings (SSSR count). The van der Waals surface area contributed by atoms with Crippen molar-refractivity contribution in [2.75, 3.05) is 0 Å². The standard InChI is InChI=1S/C24H27SSi/c1-16-7-10-19(4)22(13-16)26(25,23-14-17(2)8-11-20(23)5)24-15-18(3)9-12-21(24)6/h7-15H,1-6H3. The first-order valence-corrected chi connectivity index (χ1v) is 12.3. The molecular formula is C24H27SSi. The van der Waals surface area contributed by atoms with E-state index in [2.05, 4.69) is 96.1 Å². The highest BCUT2D eigenvalue weighted by molar-refractivity contribution is 8.19. The molecule has 3 aromatic rings. The Kier molecular flexibility index (Phi) is 5.18. The van der Waals surface area contributed by atoms with E-state index in [1.807, 2.05) is 0 Å². The summed E-state index contributed by atoms with van der Waals surface area (Å²) < 4.78 is 0. The molecule has 0 fully saturated rings. The summed E-state index contributed by atoms with van der Waals surface area (Å²) in [6.07, 6.45) is 0. The van der Waals surface area contributed by atoms with E-state index >= 15 is 0 Å². The zero-order valence-electron chi connectivity index (χ0n) is 16.6. The highest BCUT2D eigenvalue weighted by Crippen LogP contribution is 2.19. The first-order valence-electron chi connectivity index (χ1n) is 9.17. The maximum absolute atomic E-state index is 6.68. The number of hydrogen-bond donors (Lipinski definition) is 0. The molecule has 0 aliphatic rings. The summed E-state index contributed by atoms with van der Waals surface area (Å²) in [5.74, 6) is 0. The van der Waals surface area contributed by atoms with E-state index in [1.54, 1.807) is 0 Å². The quantitative estimate of drug-likeness (QED) is 0.460. The summed E-state index contributed by atoms with van der Waals surface area (Å²) >= 11 is 6.68. The van der Waals surface area contributed by atoms with Crippen molar-refractivity contribution in [1.29, 1.82) is 0 Å². The van der Waals surface area contributed by atoms with Crippen molar-refractivity contribution in [3.63, 3.8) is 0 Å². The van der Waals surface area contributed by atoms with Gasteiger partial charge in [0.15, 0.2) is 0 Å². The Morgan fingerprint density at radius 1 is 0.500 bits per heavy atom. The van der Waals surface area contributed by atoms with E-state index in [0.29, 0.717) is 0 Å². The van der Waals surface area contributed by atoms with Crippen LogP contribution in [0.3, 0.4) is 0 Å². The second-order valence-electron chi connectivity index (χ2n) is 7.64. The molecule has 0 aliphatic heterocycles. The van der Waals surface area contributed by atoms with Crippen molar-refractivity contribution < 1.29 is 0 Å². The summed E-state index contributed by atoms with van der Waals surface area (Å²) in [5.41, 5.74) is 7.76. The summed E-state index contributed by atoms with van der Waals surface area (Å²) in [6.45, 7) is 13.1. The van der Waals surface area contributed by atoms with Crippen LogP contribution in [0.5, 0.6) is 0 Å². The van der Waals surface area contributed by atoms with E-state index in [0.717, 1.165) is 0 Å². The molecule has 26 heavy (non-hydrogen) atoms. The molecule has 0 saturated carbocycles. The van der Waals surface area contributed by atoms with Gasteiger partial charge in [-0.3, -0.25) is 0 Å². The molecule has 0 aromatic heterocycles. The summed E-state index contributed by atoms with van der Waals surface area (Å²) in [6, 6.07) is 20.3. The van der Waals surface area contributed by atoms with E-state index in [4.69, 9.17) is 12.1 Å². The molecule has 133 valence electrons. The number of rotatable bonds is 3. The number of benzene rings is 3. The minimum absolute atomic E-state index is 1.28. The van der Waals surface area contributed by atoms with Gasteiger partial charge in [0.2, 0.25) is 7.22 Å². The molecule has 0 aliphatic carbocycles. The van der Waals surface area contributed by atoms with Crippen molar-refractivity contribution in [1.82, 2.24) is 0 Å². The van der Waals surface area contributed by atoms with E-state index < -0.39 is 7.22 Å². The molecule has 0 amide bonds. The fraction of sp³-hybridized carbons (Fsp3) is 0.250. The largest absolute Gasteiger partial charge is 0.222 e. The zero-order valence-corrected chi connectivity index (χ0v) is 18.4. The van der Waals surface area contributed by atoms with Crippen molar-refractivity contribution in [3.05, 3.63) is 88.0 Å². The lowest BCUT2D eigenvalue weighted by molar-refractivity contribution is 1.40. The van der Waals surface area contributed by atoms with Crippen LogP contribution in [0.4, 0.5) is 0 Å². The highest BCUT2D eigenvalue weighted by Gasteiger charge is 2.40. The first kappa shape index (κ1) is 19.0. The molecule has 3 aromatic carbocycles. The monoisotopic (exact) mass is 375 g/mol. The van der Waals surface area contributed by atoms with Crippen LogP contribution in [-0.4, -0.2) is 7.22 Å². The maximum atomic E-state index is 6.68. The lowest BCUT2D eigenvalue weighted by atomic mass is 10.1. The number of aryl methyl sites for hydroxylation is 6. The van der Waals surface area contributed by atoms with Crippen LogP contribution in [-0.2, 0) is 0 Å². The van der Waals surface area contributed by atoms with Crippen LogP contribution < -0.4 is 15.6 Å². The van der Waals surface area contributed by atoms with Crippen molar-refractivity contribution in [2.24, 2.45) is 0 Å². The van der Waals surface area contributed by atoms with Crippen LogP contribution in [0, 0.1) is 41.5 Å². The van der Waals surface area contributed by atoms with Gasteiger partial charge in [0.05, 0.1) is 0 Å². The van der Waals surface area contributed by atoms with Gasteiger partial charge in [-0.05, 0) is 57.1 Å². The highest BCUT2D eigenvalue weighted by atomic mass is 32.3. The molecule has 0 heterocycles. The van der Waals surface area contributed by atoms with Gasteiger partial charge in [0.25, 0.3) is 0 Å². The third-order valence-corrected chi connectivity index (χ3v) is 11.2. The maximum Gasteiger partial charge on any atom is 0.222 e. The Morgan fingerprint density at radius 2 is 0.769 bits per heavy atom. The number of hydrogen-bond acceptors (Lipinski definition) is 0. The van der Waals surface area contributed by atoms with Crippen LogP contribution >= 0.6 is 12.1 Å². The minimum atomic E-state index is -2.52. The Morgan fingerprint density at radius 3 is 1.04 bits per heavy atom. The van der Waals surface area contributed by atoms with Gasteiger partial charge in [0, 0.05) is 0 Å². The topological polar surface area (TPSA) is 0 Å². The SMILES string of the molecule is Cc1ccc(C)c([Si]([S])(c2cc(C)ccc2C)c2cc(C)ccc2C)c1. The minimum Gasteiger partial charge on any atom is -0.109 e. The lowest BCUT2D eigenvalue weighted by Gasteiger charge is -2.32. The predicted octanol–water partition coefficient (Wildman–Crippen LogP) is 4.70. The fourth-order valence-corrected chi connectivity index (χ4v) is 9.84. The summed E-state index contributed by atoms with van der Waals surface area (Å²) in [5, 5.41) is 4.07. The van der Waals surface area contributed by atoms with Gasteiger partial charge in [-0.2, -0.15) is 0 Å². The third-order valence-electron chi connectivity index (χ3n) is 5.32. The molecule has 0 spiro atoms. The first-order chi connectivity index (χ1) is 12.2. The smallest absolute Gasteiger partial charge is 0.109 e. The zero-order chi connectivity index (χ0) is 19.1. The van der Waals surface area contributed by atoms with E-state index in [9.17, 15) is 0 Å². The molecular weight excluding hydrogens is 348 g/mol. The van der Waals surface area contributed by atoms with E-state index in [-0.39, 0.29) is 0 Å². The Balaban J connectivity index is 2.45. The molecule has 0 bridgehead atoms. The third kappa shape index (κ3) is 3.28. The lowest BCUT2D eigenvalue weighted by Crippen LogP contribution is -2.65. The summed E-state index contributed by atoms with van der Waals surface area (Å²) in [7, 11) is -2.52. The van der Waals surface area contributed by atoms with Gasteiger partial charge in [-0.1, -0.05) is 88.0 Å². The van der Waals surface area contributed by atoms with Gasteiger partial charge in [-0.15, -0.1) is 12.1 Å². The molecule has 0 N–H and O–H groups in total. The Bertz CT molecular complexity index is 847. The molecule has 2 heteroatoms. The predicted molar refractivity (Wildman–Crippen MR) is 120 cm³/mol. The fourth-order valence-electron chi connectivity index (χ4n) is 3.78. The second kappa shape index (κ2) is 7.09. The summed E-state index contributed by atoms with van der Waals surface area (Å²) in [4.78, 5) is 0. The van der Waals surface area contributed by atoms with Gasteiger partial charge >= 0.3 is 0 Å². The Hall–Kier alpha value is -1.77. The van der Waals surface area contributed by atoms with Crippen LogP contribution in [0.1, 0.15) is 33.4 Å². The van der Waals surface area contributed by atoms with Crippen LogP contribution in [0.2, 0.25) is 0 Å². The average molecular weight is 376 g/mol. The average Bonchev–Trinajstić information content (AvgIpc) is 2.60. The van der Waals surface area contributed by atoms with Crippen molar-refractivity contribution in [2.45, 2.75) is 41.5 Å². The normalized spacial score (nSPS) is 11.7. The van der Waals surface area contributed by atoms with Crippen molar-refractivity contribution >= 4 is 34.9 Å². The van der Waals surface area contributed by atoms with E-state index in [1.165, 1.54) is 48.9 Å². The molecule has 0 unspecified atom stereocenters. The van der Waals surface area contributed by atoms with Gasteiger partial charge < -0.3 is 0 Å². The van der Waals surface area contributed by atoms with Gasteiger partial charge in [0.1, 0.15) is 0 Å². The van der Waals surface area contributed by atoms with Gasteiger partial charge in [-0.25, -0.2) is 0 Å². The molecule has 0 nitrogen and oxygen atoms in total. The molecule has 0 saturated heterocycles. The molecule has 1 radical (unpaired) electrons. The van der Waals surface area contributed by atoms with Crippen LogP contribution in [0.15, 0.2) is 54.6 Å².